The van der Waals surface area contributed by atoms with Crippen LogP contribution in [0, 0.1) is 17.3 Å². The van der Waals surface area contributed by atoms with Crippen LogP contribution in [0.2, 0.25) is 0 Å². The topological polar surface area (TPSA) is 125 Å². The van der Waals surface area contributed by atoms with Crippen LogP contribution in [0.5, 0.6) is 0 Å². The van der Waals surface area contributed by atoms with Gasteiger partial charge in [0.05, 0.1) is 60.2 Å². The van der Waals surface area contributed by atoms with Crippen LogP contribution in [0.4, 0.5) is 0 Å². The number of ketones is 1. The maximum atomic E-state index is 13.8. The first kappa shape index (κ1) is 29.8. The number of epoxide rings is 2. The first-order valence-electron chi connectivity index (χ1n) is 14.5. The monoisotopic (exact) mass is 542 g/mol. The Morgan fingerprint density at radius 3 is 2.62 bits per heavy atom. The Labute approximate surface area is 232 Å². The normalized spacial score (nSPS) is 38.0. The molecular weight excluding hydrogens is 496 g/mol. The van der Waals surface area contributed by atoms with Gasteiger partial charge in [0.2, 0.25) is 5.91 Å². The molecule has 0 aromatic carbocycles. The molecule has 8 atom stereocenters. The van der Waals surface area contributed by atoms with Crippen molar-refractivity contribution >= 4 is 17.8 Å². The smallest absolute Gasteiger partial charge is 0.223 e. The minimum Gasteiger partial charge on any atom is -0.392 e. The number of aromatic nitrogens is 1. The van der Waals surface area contributed by atoms with Gasteiger partial charge in [-0.3, -0.25) is 14.6 Å². The summed E-state index contributed by atoms with van der Waals surface area (Å²) in [4.78, 5) is 31.4. The highest BCUT2D eigenvalue weighted by molar-refractivity contribution is 5.88. The Morgan fingerprint density at radius 1 is 1.21 bits per heavy atom. The Morgan fingerprint density at radius 2 is 1.95 bits per heavy atom. The predicted molar refractivity (Wildman–Crippen MR) is 149 cm³/mol. The van der Waals surface area contributed by atoms with Crippen molar-refractivity contribution in [3.05, 3.63) is 35.7 Å². The molecule has 3 aliphatic heterocycles. The molecule has 3 aliphatic rings. The van der Waals surface area contributed by atoms with Gasteiger partial charge in [0.1, 0.15) is 5.78 Å². The van der Waals surface area contributed by atoms with Crippen LogP contribution in [0.3, 0.4) is 0 Å². The third-order valence-corrected chi connectivity index (χ3v) is 9.15. The van der Waals surface area contributed by atoms with Gasteiger partial charge in [0.15, 0.2) is 0 Å². The summed E-state index contributed by atoms with van der Waals surface area (Å²) >= 11 is 0. The van der Waals surface area contributed by atoms with E-state index in [2.05, 4.69) is 17.2 Å². The second kappa shape index (κ2) is 12.2. The Balaban J connectivity index is 1.57. The van der Waals surface area contributed by atoms with Gasteiger partial charge >= 0.3 is 0 Å². The van der Waals surface area contributed by atoms with Gasteiger partial charge < -0.3 is 25.0 Å². The van der Waals surface area contributed by atoms with E-state index in [0.29, 0.717) is 25.9 Å². The third-order valence-electron chi connectivity index (χ3n) is 9.15. The van der Waals surface area contributed by atoms with Crippen molar-refractivity contribution < 1.29 is 29.3 Å². The van der Waals surface area contributed by atoms with Gasteiger partial charge in [0, 0.05) is 18.5 Å². The largest absolute Gasteiger partial charge is 0.392 e. The van der Waals surface area contributed by atoms with Crippen molar-refractivity contribution in [2.24, 2.45) is 17.3 Å². The summed E-state index contributed by atoms with van der Waals surface area (Å²) in [7, 11) is 0. The lowest BCUT2D eigenvalue weighted by molar-refractivity contribution is -0.144. The van der Waals surface area contributed by atoms with E-state index in [1.54, 1.807) is 20.0 Å². The third kappa shape index (κ3) is 7.54. The van der Waals surface area contributed by atoms with E-state index < -0.39 is 23.5 Å². The van der Waals surface area contributed by atoms with E-state index in [4.69, 9.17) is 9.47 Å². The van der Waals surface area contributed by atoms with Crippen LogP contribution in [-0.4, -0.2) is 69.6 Å². The summed E-state index contributed by atoms with van der Waals surface area (Å²) in [6, 6.07) is 5.40. The maximum Gasteiger partial charge on any atom is 0.223 e. The first-order chi connectivity index (χ1) is 18.4. The zero-order valence-electron chi connectivity index (χ0n) is 24.1. The summed E-state index contributed by atoms with van der Waals surface area (Å²) in [6.07, 6.45) is 5.90. The van der Waals surface area contributed by atoms with E-state index in [1.165, 1.54) is 0 Å². The summed E-state index contributed by atoms with van der Waals surface area (Å²) in [5, 5.41) is 25.6. The number of aliphatic hydroxyl groups excluding tert-OH is 2. The van der Waals surface area contributed by atoms with E-state index in [1.807, 2.05) is 38.1 Å². The Bertz CT molecular complexity index is 1040. The van der Waals surface area contributed by atoms with Crippen LogP contribution < -0.4 is 5.32 Å². The minimum atomic E-state index is -1.20. The maximum absolute atomic E-state index is 13.8. The van der Waals surface area contributed by atoms with Crippen molar-refractivity contribution in [1.29, 1.82) is 0 Å². The molecule has 0 spiro atoms. The summed E-state index contributed by atoms with van der Waals surface area (Å²) in [5.74, 6) is -1.23. The quantitative estimate of drug-likeness (QED) is 0.483. The van der Waals surface area contributed by atoms with E-state index >= 15 is 0 Å². The highest BCUT2D eigenvalue weighted by Crippen LogP contribution is 2.44. The van der Waals surface area contributed by atoms with Crippen LogP contribution in [0.25, 0.3) is 6.08 Å². The molecule has 4 rings (SSSR count). The van der Waals surface area contributed by atoms with E-state index in [0.717, 1.165) is 30.5 Å². The van der Waals surface area contributed by atoms with Crippen LogP contribution in [0.15, 0.2) is 30.0 Å². The number of rotatable bonds is 5. The van der Waals surface area contributed by atoms with Crippen LogP contribution >= 0.6 is 0 Å². The highest BCUT2D eigenvalue weighted by atomic mass is 16.6. The fourth-order valence-electron chi connectivity index (χ4n) is 5.90. The van der Waals surface area contributed by atoms with Gasteiger partial charge in [-0.05, 0) is 69.2 Å². The molecule has 8 unspecified atom stereocenters. The molecule has 1 aromatic heterocycles. The number of aliphatic hydroxyl groups is 2. The van der Waals surface area contributed by atoms with Crippen molar-refractivity contribution in [1.82, 2.24) is 10.3 Å². The molecule has 8 nitrogen and oxygen atoms in total. The van der Waals surface area contributed by atoms with Crippen LogP contribution in [0.1, 0.15) is 85.3 Å². The Hall–Kier alpha value is -2.13. The number of carbonyl (C=O) groups excluding carboxylic acids is 2. The number of nitrogens with zero attached hydrogens (tertiary/aromatic N) is 1. The van der Waals surface area contributed by atoms with Crippen molar-refractivity contribution in [2.45, 2.75) is 116 Å². The van der Waals surface area contributed by atoms with Gasteiger partial charge in [-0.2, -0.15) is 0 Å². The number of fused-ring (bicyclic) bond motifs is 1. The molecule has 216 valence electrons. The molecule has 0 aliphatic carbocycles. The number of pyridine rings is 1. The molecule has 3 N–H and O–H groups in total. The molecule has 0 bridgehead atoms. The highest BCUT2D eigenvalue weighted by Gasteiger charge is 2.52. The van der Waals surface area contributed by atoms with Gasteiger partial charge in [-0.15, -0.1) is 0 Å². The standard InChI is InChI=1S/C31H46N2O6/c1-19-9-8-13-31(5)26(39-31)16-24(20(2)15-21-10-6-7-14-32-21)33-27(35)17-25(34)30(3,4)29(37)23(28(19)36)12-11-22-18-38-22/h6-7,10,14-15,19,22-26,28,34,36H,8-9,11-13,16-18H2,1-5H3,(H,33,35). The average Bonchev–Trinajstić information content (AvgIpc) is 3.81. The fourth-order valence-corrected chi connectivity index (χ4v) is 5.90. The predicted octanol–water partition coefficient (Wildman–Crippen LogP) is 3.84. The molecule has 0 saturated carbocycles. The summed E-state index contributed by atoms with van der Waals surface area (Å²) in [6.45, 7) is 10.1. The Kier molecular flexibility index (Phi) is 9.31. The molecule has 4 heterocycles. The first-order valence-corrected chi connectivity index (χ1v) is 14.5. The zero-order valence-corrected chi connectivity index (χ0v) is 24.1. The lowest BCUT2D eigenvalue weighted by Gasteiger charge is -2.36. The number of Topliss-reactive ketones (excluding diaryl/α,β-unsaturated/α-hetero) is 1. The molecule has 3 fully saturated rings. The molecular formula is C31H46N2O6. The van der Waals surface area contributed by atoms with E-state index in [9.17, 15) is 19.8 Å². The minimum absolute atomic E-state index is 0.00255. The molecule has 3 saturated heterocycles. The molecule has 1 aromatic rings. The molecule has 39 heavy (non-hydrogen) atoms. The second-order valence-corrected chi connectivity index (χ2v) is 12.7. The van der Waals surface area contributed by atoms with Gasteiger partial charge in [0.25, 0.3) is 0 Å². The van der Waals surface area contributed by atoms with Crippen molar-refractivity contribution in [2.75, 3.05) is 6.61 Å². The average molecular weight is 543 g/mol. The summed E-state index contributed by atoms with van der Waals surface area (Å²) in [5.41, 5.74) is 0.273. The lowest BCUT2D eigenvalue weighted by Crippen LogP contribution is -2.48. The fraction of sp³-hybridized carbons (Fsp3) is 0.710. The number of hydrogen-bond donors (Lipinski definition) is 3. The number of amides is 1. The molecule has 1 amide bonds. The van der Waals surface area contributed by atoms with Crippen LogP contribution in [-0.2, 0) is 19.1 Å². The zero-order chi connectivity index (χ0) is 28.4. The van der Waals surface area contributed by atoms with Crippen molar-refractivity contribution in [3.8, 4) is 0 Å². The second-order valence-electron chi connectivity index (χ2n) is 12.7. The van der Waals surface area contributed by atoms with E-state index in [-0.39, 0.29) is 47.9 Å². The number of ether oxygens (including phenoxy) is 2. The number of hydrogen-bond acceptors (Lipinski definition) is 7. The lowest BCUT2D eigenvalue weighted by atomic mass is 9.70. The SMILES string of the molecule is CC(=Cc1ccccn1)C1CC2OC2(C)CCCC(C)C(O)C(CCC2CO2)C(=O)C(C)(C)C(O)CC(=O)N1. The number of nitrogens with one attached hydrogen (secondary N) is 1. The van der Waals surface area contributed by atoms with Gasteiger partial charge in [-0.25, -0.2) is 0 Å². The summed E-state index contributed by atoms with van der Waals surface area (Å²) < 4.78 is 11.5. The molecule has 0 radical (unpaired) electrons. The number of carbonyl (C=O) groups is 2. The molecule has 8 heteroatoms. The van der Waals surface area contributed by atoms with Crippen molar-refractivity contribution in [3.63, 3.8) is 0 Å². The van der Waals surface area contributed by atoms with Gasteiger partial charge in [-0.1, -0.05) is 33.3 Å².